The summed E-state index contributed by atoms with van der Waals surface area (Å²) in [4.78, 5) is 0. The van der Waals surface area contributed by atoms with E-state index in [1.54, 1.807) is 0 Å². The third-order valence-corrected chi connectivity index (χ3v) is 3.31. The Hall–Kier alpha value is -0.990. The molecular weight excluding hydrogens is 348 g/mol. The Balaban J connectivity index is 0.00000484. The Morgan fingerprint density at radius 2 is 1.65 bits per heavy atom. The van der Waals surface area contributed by atoms with Gasteiger partial charge in [-0.2, -0.15) is 26.3 Å². The summed E-state index contributed by atoms with van der Waals surface area (Å²) in [5.41, 5.74) is 2.34. The van der Waals surface area contributed by atoms with E-state index < -0.39 is 41.2 Å². The summed E-state index contributed by atoms with van der Waals surface area (Å²) in [7, 11) is 0. The molecule has 0 aliphatic carbocycles. The minimum atomic E-state index is -4.85. The molecule has 0 aliphatic rings. The van der Waals surface area contributed by atoms with E-state index >= 15 is 0 Å². The Morgan fingerprint density at radius 3 is 2.09 bits per heavy atom. The number of unbranched alkanes of at least 4 members (excludes halogenated alkanes) is 1. The van der Waals surface area contributed by atoms with E-state index in [0.717, 1.165) is 0 Å². The number of nitrogens with two attached hydrogens (primary N) is 1. The molecule has 2 nitrogen and oxygen atoms in total. The molecule has 0 aromatic heterocycles. The fourth-order valence-electron chi connectivity index (χ4n) is 2.07. The Morgan fingerprint density at radius 1 is 1.09 bits per heavy atom. The molecule has 23 heavy (non-hydrogen) atoms. The zero-order valence-corrected chi connectivity index (χ0v) is 13.0. The molecule has 0 radical (unpaired) electrons. The van der Waals surface area contributed by atoms with E-state index in [0.29, 0.717) is 31.0 Å². The maximum atomic E-state index is 12.9. The van der Waals surface area contributed by atoms with E-state index in [4.69, 9.17) is 5.73 Å². The summed E-state index contributed by atoms with van der Waals surface area (Å²) in [6.45, 7) is 1.81. The van der Waals surface area contributed by atoms with Crippen molar-refractivity contribution in [3.8, 4) is 0 Å². The number of rotatable bonds is 5. The molecule has 0 saturated carbocycles. The number of hydrogen-bond donors (Lipinski definition) is 2. The van der Waals surface area contributed by atoms with Gasteiger partial charge >= 0.3 is 12.4 Å². The molecule has 0 saturated heterocycles. The van der Waals surface area contributed by atoms with Crippen molar-refractivity contribution in [3.63, 3.8) is 0 Å². The molecule has 2 atom stereocenters. The molecule has 0 bridgehead atoms. The predicted molar refractivity (Wildman–Crippen MR) is 76.2 cm³/mol. The van der Waals surface area contributed by atoms with Crippen molar-refractivity contribution in [1.82, 2.24) is 0 Å². The molecule has 1 aromatic rings. The van der Waals surface area contributed by atoms with Gasteiger partial charge in [0, 0.05) is 0 Å². The second-order valence-corrected chi connectivity index (χ2v) is 5.03. The van der Waals surface area contributed by atoms with Gasteiger partial charge in [-0.15, -0.1) is 12.4 Å². The smallest absolute Gasteiger partial charge is 0.391 e. The summed E-state index contributed by atoms with van der Waals surface area (Å²) in [6, 6.07) is -0.463. The van der Waals surface area contributed by atoms with Gasteiger partial charge in [-0.05, 0) is 30.2 Å². The number of halogens is 7. The van der Waals surface area contributed by atoms with Crippen LogP contribution in [0.1, 0.15) is 48.9 Å². The van der Waals surface area contributed by atoms with Crippen LogP contribution in [0.15, 0.2) is 18.2 Å². The molecule has 0 amide bonds. The van der Waals surface area contributed by atoms with Crippen LogP contribution >= 0.6 is 12.4 Å². The number of aliphatic hydroxyl groups is 1. The van der Waals surface area contributed by atoms with Gasteiger partial charge in [0.25, 0.3) is 0 Å². The molecule has 0 fully saturated rings. The van der Waals surface area contributed by atoms with Crippen LogP contribution in [0.2, 0.25) is 0 Å². The second kappa shape index (κ2) is 8.21. The Kier molecular flexibility index (Phi) is 7.86. The number of alkyl halides is 6. The highest BCUT2D eigenvalue weighted by Gasteiger charge is 2.39. The van der Waals surface area contributed by atoms with Crippen LogP contribution in [-0.2, 0) is 12.4 Å². The third-order valence-electron chi connectivity index (χ3n) is 3.31. The molecule has 3 N–H and O–H groups in total. The van der Waals surface area contributed by atoms with Crippen LogP contribution in [0.5, 0.6) is 0 Å². The first-order chi connectivity index (χ1) is 9.98. The van der Waals surface area contributed by atoms with Crippen LogP contribution in [0.25, 0.3) is 0 Å². The van der Waals surface area contributed by atoms with Crippen molar-refractivity contribution in [2.45, 2.75) is 50.7 Å². The largest absolute Gasteiger partial charge is 0.416 e. The quantitative estimate of drug-likeness (QED) is 0.743. The molecule has 9 heteroatoms. The number of hydrogen-bond acceptors (Lipinski definition) is 2. The van der Waals surface area contributed by atoms with Gasteiger partial charge in [-0.1, -0.05) is 19.8 Å². The second-order valence-electron chi connectivity index (χ2n) is 5.03. The van der Waals surface area contributed by atoms with Crippen LogP contribution in [0, 0.1) is 0 Å². The molecule has 0 spiro atoms. The SMILES string of the molecule is CCCC[C@H](O)[C@H](N)c1cc(C(F)(F)F)ccc1C(F)(F)F.Cl. The summed E-state index contributed by atoms with van der Waals surface area (Å²) < 4.78 is 76.8. The van der Waals surface area contributed by atoms with Gasteiger partial charge in [0.05, 0.1) is 23.3 Å². The van der Waals surface area contributed by atoms with Crippen LogP contribution in [0.3, 0.4) is 0 Å². The number of aliphatic hydroxyl groups excluding tert-OH is 1. The van der Waals surface area contributed by atoms with Crippen molar-refractivity contribution in [1.29, 1.82) is 0 Å². The first-order valence-electron chi connectivity index (χ1n) is 6.70. The topological polar surface area (TPSA) is 46.2 Å². The van der Waals surface area contributed by atoms with Gasteiger partial charge in [-0.25, -0.2) is 0 Å². The molecule has 1 aromatic carbocycles. The van der Waals surface area contributed by atoms with Gasteiger partial charge < -0.3 is 10.8 Å². The molecular formula is C14H18ClF6NO. The van der Waals surface area contributed by atoms with E-state index in [1.165, 1.54) is 0 Å². The van der Waals surface area contributed by atoms with E-state index in [9.17, 15) is 31.4 Å². The highest BCUT2D eigenvalue weighted by Crippen LogP contribution is 2.39. The zero-order chi connectivity index (χ0) is 17.1. The zero-order valence-electron chi connectivity index (χ0n) is 12.2. The summed E-state index contributed by atoms with van der Waals surface area (Å²) in [5.74, 6) is 0. The minimum Gasteiger partial charge on any atom is -0.391 e. The van der Waals surface area contributed by atoms with Crippen molar-refractivity contribution < 1.29 is 31.4 Å². The molecule has 0 heterocycles. The average molecular weight is 366 g/mol. The van der Waals surface area contributed by atoms with E-state index in [-0.39, 0.29) is 18.8 Å². The van der Waals surface area contributed by atoms with E-state index in [2.05, 4.69) is 0 Å². The van der Waals surface area contributed by atoms with Crippen molar-refractivity contribution in [3.05, 3.63) is 34.9 Å². The monoisotopic (exact) mass is 365 g/mol. The lowest BCUT2D eigenvalue weighted by Crippen LogP contribution is -2.29. The van der Waals surface area contributed by atoms with Crippen molar-refractivity contribution >= 4 is 12.4 Å². The van der Waals surface area contributed by atoms with Crippen molar-refractivity contribution in [2.24, 2.45) is 5.73 Å². The van der Waals surface area contributed by atoms with Gasteiger partial charge in [0.1, 0.15) is 0 Å². The van der Waals surface area contributed by atoms with Crippen LogP contribution in [-0.4, -0.2) is 11.2 Å². The minimum absolute atomic E-state index is 0. The summed E-state index contributed by atoms with van der Waals surface area (Å²) in [6.07, 6.45) is -9.67. The summed E-state index contributed by atoms with van der Waals surface area (Å²) >= 11 is 0. The Labute approximate surface area is 136 Å². The first-order valence-corrected chi connectivity index (χ1v) is 6.70. The predicted octanol–water partition coefficient (Wildman–Crippen LogP) is 4.70. The fourth-order valence-corrected chi connectivity index (χ4v) is 2.07. The highest BCUT2D eigenvalue weighted by atomic mass is 35.5. The normalized spacial score (nSPS) is 15.0. The first kappa shape index (κ1) is 22.0. The molecule has 0 aliphatic heterocycles. The van der Waals surface area contributed by atoms with Gasteiger partial charge in [0.15, 0.2) is 0 Å². The maximum absolute atomic E-state index is 12.9. The lowest BCUT2D eigenvalue weighted by Gasteiger charge is -2.24. The standard InChI is InChI=1S/C14H17F6NO.ClH/c1-2-3-4-11(22)12(21)9-7-8(13(15,16)17)5-6-10(9)14(18,19)20;/h5-7,11-12,22H,2-4,21H2,1H3;1H/t11-,12+;/m0./s1. The van der Waals surface area contributed by atoms with Crippen molar-refractivity contribution in [2.75, 3.05) is 0 Å². The lowest BCUT2D eigenvalue weighted by atomic mass is 9.92. The van der Waals surface area contributed by atoms with Gasteiger partial charge in [-0.3, -0.25) is 0 Å². The number of benzene rings is 1. The average Bonchev–Trinajstić information content (AvgIpc) is 2.41. The third kappa shape index (κ3) is 5.86. The lowest BCUT2D eigenvalue weighted by molar-refractivity contribution is -0.142. The molecule has 134 valence electrons. The van der Waals surface area contributed by atoms with Crippen LogP contribution < -0.4 is 5.73 Å². The summed E-state index contributed by atoms with van der Waals surface area (Å²) in [5, 5.41) is 9.81. The molecule has 1 rings (SSSR count). The highest BCUT2D eigenvalue weighted by molar-refractivity contribution is 5.85. The maximum Gasteiger partial charge on any atom is 0.416 e. The molecule has 0 unspecified atom stereocenters. The van der Waals surface area contributed by atoms with Crippen LogP contribution in [0.4, 0.5) is 26.3 Å². The fraction of sp³-hybridized carbons (Fsp3) is 0.571. The Bertz CT molecular complexity index is 503. The van der Waals surface area contributed by atoms with Gasteiger partial charge in [0.2, 0.25) is 0 Å². The van der Waals surface area contributed by atoms with E-state index in [1.807, 2.05) is 6.92 Å².